The van der Waals surface area contributed by atoms with Crippen molar-refractivity contribution >= 4 is 46.9 Å². The van der Waals surface area contributed by atoms with E-state index in [-0.39, 0.29) is 28.8 Å². The van der Waals surface area contributed by atoms with Gasteiger partial charge in [-0.1, -0.05) is 24.4 Å². The fraction of sp³-hybridized carbons (Fsp3) is 0.206. The van der Waals surface area contributed by atoms with Crippen molar-refractivity contribution < 1.29 is 36.7 Å². The van der Waals surface area contributed by atoms with Crippen LogP contribution in [-0.2, 0) is 11.0 Å². The van der Waals surface area contributed by atoms with Gasteiger partial charge in [-0.3, -0.25) is 19.6 Å². The Morgan fingerprint density at radius 3 is 2.22 bits per heavy atom. The average Bonchev–Trinajstić information content (AvgIpc) is 3.07. The van der Waals surface area contributed by atoms with Gasteiger partial charge in [-0.2, -0.15) is 13.2 Å². The normalized spacial score (nSPS) is 11.2. The first-order chi connectivity index (χ1) is 23.5. The van der Waals surface area contributed by atoms with Crippen molar-refractivity contribution in [2.75, 3.05) is 23.7 Å². The van der Waals surface area contributed by atoms with E-state index in [9.17, 15) is 31.9 Å². The fourth-order valence-electron chi connectivity index (χ4n) is 4.30. The first kappa shape index (κ1) is 36.3. The number of hydrogen-bond donors (Lipinski definition) is 4. The Kier molecular flexibility index (Phi) is 13.0. The van der Waals surface area contributed by atoms with Crippen LogP contribution in [0.25, 0.3) is 6.08 Å². The molecule has 2 heterocycles. The lowest BCUT2D eigenvalue weighted by Crippen LogP contribution is -2.25. The predicted octanol–water partition coefficient (Wildman–Crippen LogP) is 7.84. The Bertz CT molecular complexity index is 1790. The first-order valence-corrected chi connectivity index (χ1v) is 15.4. The van der Waals surface area contributed by atoms with Gasteiger partial charge in [0.25, 0.3) is 5.91 Å². The molecule has 49 heavy (non-hydrogen) atoms. The monoisotopic (exact) mass is 698 g/mol. The van der Waals surface area contributed by atoms with E-state index in [0.717, 1.165) is 37.8 Å². The number of benzene rings is 2. The van der Waals surface area contributed by atoms with Crippen LogP contribution in [0.1, 0.15) is 47.3 Å². The number of pyridine rings is 2. The van der Waals surface area contributed by atoms with Crippen LogP contribution in [0.3, 0.4) is 0 Å². The maximum absolute atomic E-state index is 13.6. The van der Waals surface area contributed by atoms with Gasteiger partial charge in [0.1, 0.15) is 23.0 Å². The molecule has 10 nitrogen and oxygen atoms in total. The average molecular weight is 699 g/mol. The Labute approximate surface area is 283 Å². The summed E-state index contributed by atoms with van der Waals surface area (Å²) < 4.78 is 58.6. The molecular weight excluding hydrogens is 668 g/mol. The molecule has 0 saturated heterocycles. The molecule has 0 aliphatic heterocycles. The number of aromatic nitrogens is 2. The number of amides is 4. The molecule has 0 atom stereocenters. The molecule has 0 fully saturated rings. The van der Waals surface area contributed by atoms with Gasteiger partial charge in [-0.25, -0.2) is 9.18 Å². The maximum atomic E-state index is 13.6. The molecule has 4 rings (SSSR count). The summed E-state index contributed by atoms with van der Waals surface area (Å²) in [6.07, 6.45) is 5.19. The molecule has 2 aromatic heterocycles. The molecule has 0 saturated carbocycles. The minimum absolute atomic E-state index is 0.0862. The van der Waals surface area contributed by atoms with Crippen molar-refractivity contribution in [1.29, 1.82) is 0 Å². The second kappa shape index (κ2) is 17.6. The fourth-order valence-corrected chi connectivity index (χ4v) is 4.52. The Hall–Kier alpha value is -5.50. The van der Waals surface area contributed by atoms with Crippen LogP contribution in [-0.4, -0.2) is 40.9 Å². The highest BCUT2D eigenvalue weighted by molar-refractivity contribution is 6.31. The van der Waals surface area contributed by atoms with E-state index in [4.69, 9.17) is 16.3 Å². The number of rotatable bonds is 14. The second-order valence-corrected chi connectivity index (χ2v) is 10.9. The summed E-state index contributed by atoms with van der Waals surface area (Å²) in [6, 6.07) is 12.7. The standard InChI is InChI=1S/C34H31ClF4N6O4/c35-28-11-8-24(19-27(28)34(37,38)39)45-33(48)44-23-6-9-25(10-7-23)49-26-13-18-41-30(20-26)32(47)43-16-4-2-1-3-15-42-31(46)12-5-22-21-40-17-14-29(22)36/h5-14,17-21H,1-4,15-16H2,(H,42,46)(H,43,47)(H2,44,45,48). The van der Waals surface area contributed by atoms with Gasteiger partial charge in [0.05, 0.1) is 10.6 Å². The lowest BCUT2D eigenvalue weighted by atomic mass is 10.2. The number of nitrogens with zero attached hydrogens (tertiary/aromatic N) is 2. The number of carbonyl (C=O) groups is 3. The molecule has 0 aliphatic rings. The van der Waals surface area contributed by atoms with Crippen LogP contribution in [0.5, 0.6) is 11.5 Å². The lowest BCUT2D eigenvalue weighted by molar-refractivity contribution is -0.137. The van der Waals surface area contributed by atoms with E-state index in [0.29, 0.717) is 30.3 Å². The topological polar surface area (TPSA) is 134 Å². The molecule has 4 N–H and O–H groups in total. The van der Waals surface area contributed by atoms with Crippen molar-refractivity contribution in [3.8, 4) is 11.5 Å². The minimum Gasteiger partial charge on any atom is -0.457 e. The highest BCUT2D eigenvalue weighted by Crippen LogP contribution is 2.36. The minimum atomic E-state index is -4.67. The summed E-state index contributed by atoms with van der Waals surface area (Å²) in [4.78, 5) is 44.7. The quantitative estimate of drug-likeness (QED) is 0.0602. The molecule has 2 aromatic carbocycles. The Morgan fingerprint density at radius 2 is 1.51 bits per heavy atom. The van der Waals surface area contributed by atoms with Gasteiger partial charge < -0.3 is 26.0 Å². The first-order valence-electron chi connectivity index (χ1n) is 15.0. The van der Waals surface area contributed by atoms with Crippen molar-refractivity contribution in [3.63, 3.8) is 0 Å². The van der Waals surface area contributed by atoms with E-state index in [1.807, 2.05) is 0 Å². The van der Waals surface area contributed by atoms with Gasteiger partial charge in [-0.05, 0) is 73.5 Å². The summed E-state index contributed by atoms with van der Waals surface area (Å²) in [5.74, 6) is -0.408. The van der Waals surface area contributed by atoms with Crippen molar-refractivity contribution in [3.05, 3.63) is 113 Å². The summed E-state index contributed by atoms with van der Waals surface area (Å²) in [5, 5.41) is 9.93. The molecular formula is C34H31ClF4N6O4. The van der Waals surface area contributed by atoms with E-state index in [2.05, 4.69) is 31.2 Å². The number of unbranched alkanes of at least 4 members (excludes halogenated alkanes) is 3. The summed E-state index contributed by atoms with van der Waals surface area (Å²) >= 11 is 5.61. The van der Waals surface area contributed by atoms with E-state index in [1.165, 1.54) is 61.1 Å². The van der Waals surface area contributed by atoms with Crippen LogP contribution >= 0.6 is 11.6 Å². The zero-order valence-electron chi connectivity index (χ0n) is 25.8. The van der Waals surface area contributed by atoms with Crippen LogP contribution in [0.4, 0.5) is 33.7 Å². The van der Waals surface area contributed by atoms with Gasteiger partial charge in [-0.15, -0.1) is 0 Å². The van der Waals surface area contributed by atoms with Crippen LogP contribution in [0.2, 0.25) is 5.02 Å². The van der Waals surface area contributed by atoms with Crippen molar-refractivity contribution in [2.24, 2.45) is 0 Å². The highest BCUT2D eigenvalue weighted by Gasteiger charge is 2.33. The SMILES string of the molecule is O=C(C=Cc1cnccc1F)NCCCCCCNC(=O)c1cc(Oc2ccc(NC(=O)Nc3ccc(Cl)c(C(F)(F)F)c3)cc2)ccn1. The third-order valence-corrected chi connectivity index (χ3v) is 7.07. The third-order valence-electron chi connectivity index (χ3n) is 6.74. The van der Waals surface area contributed by atoms with Gasteiger partial charge in [0.2, 0.25) is 5.91 Å². The number of nitrogens with one attached hydrogen (secondary N) is 4. The molecule has 4 amide bonds. The van der Waals surface area contributed by atoms with Crippen LogP contribution in [0, 0.1) is 5.82 Å². The number of hydrogen-bond acceptors (Lipinski definition) is 6. The Morgan fingerprint density at radius 1 is 0.816 bits per heavy atom. The third kappa shape index (κ3) is 11.9. The lowest BCUT2D eigenvalue weighted by Gasteiger charge is -2.12. The zero-order chi connectivity index (χ0) is 35.2. The zero-order valence-corrected chi connectivity index (χ0v) is 26.6. The summed E-state index contributed by atoms with van der Waals surface area (Å²) in [5.41, 5.74) is -0.414. The highest BCUT2D eigenvalue weighted by atomic mass is 35.5. The summed E-state index contributed by atoms with van der Waals surface area (Å²) in [7, 11) is 0. The summed E-state index contributed by atoms with van der Waals surface area (Å²) in [6.45, 7) is 0.899. The number of halogens is 5. The molecule has 0 radical (unpaired) electrons. The van der Waals surface area contributed by atoms with E-state index < -0.39 is 28.6 Å². The Balaban J connectivity index is 1.14. The van der Waals surface area contributed by atoms with Gasteiger partial charge in [0.15, 0.2) is 0 Å². The number of carbonyl (C=O) groups excluding carboxylic acids is 3. The molecule has 0 unspecified atom stereocenters. The molecule has 0 aliphatic carbocycles. The van der Waals surface area contributed by atoms with Crippen molar-refractivity contribution in [2.45, 2.75) is 31.9 Å². The molecule has 4 aromatic rings. The van der Waals surface area contributed by atoms with E-state index in [1.54, 1.807) is 18.2 Å². The second-order valence-electron chi connectivity index (χ2n) is 10.5. The molecule has 0 bridgehead atoms. The molecule has 256 valence electrons. The number of alkyl halides is 3. The smallest absolute Gasteiger partial charge is 0.417 e. The number of ether oxygens (including phenoxy) is 1. The predicted molar refractivity (Wildman–Crippen MR) is 177 cm³/mol. The van der Waals surface area contributed by atoms with Gasteiger partial charge in [0, 0.05) is 60.8 Å². The van der Waals surface area contributed by atoms with Crippen molar-refractivity contribution in [1.82, 2.24) is 20.6 Å². The number of anilines is 2. The van der Waals surface area contributed by atoms with Crippen LogP contribution in [0.15, 0.2) is 85.3 Å². The van der Waals surface area contributed by atoms with Crippen LogP contribution < -0.4 is 26.0 Å². The largest absolute Gasteiger partial charge is 0.457 e. The molecule has 15 heteroatoms. The van der Waals surface area contributed by atoms with E-state index >= 15 is 0 Å². The number of urea groups is 1. The maximum Gasteiger partial charge on any atom is 0.417 e. The van der Waals surface area contributed by atoms with Gasteiger partial charge >= 0.3 is 12.2 Å². The molecule has 0 spiro atoms.